The number of rotatable bonds is 9. The fourth-order valence-corrected chi connectivity index (χ4v) is 3.11. The van der Waals surface area contributed by atoms with E-state index in [2.05, 4.69) is 5.10 Å². The summed E-state index contributed by atoms with van der Waals surface area (Å²) >= 11 is 0. The molecule has 0 aliphatic heterocycles. The number of nitrogens with zero attached hydrogens (tertiary/aromatic N) is 2. The van der Waals surface area contributed by atoms with Crippen molar-refractivity contribution in [3.63, 3.8) is 0 Å². The van der Waals surface area contributed by atoms with E-state index in [4.69, 9.17) is 14.6 Å². The molecule has 0 saturated carbocycles. The van der Waals surface area contributed by atoms with Gasteiger partial charge in [0, 0.05) is 7.11 Å². The molecule has 20 heavy (non-hydrogen) atoms. The first-order chi connectivity index (χ1) is 9.45. The Bertz CT molecular complexity index is 525. The third-order valence-corrected chi connectivity index (χ3v) is 3.95. The van der Waals surface area contributed by atoms with Gasteiger partial charge in [0.05, 0.1) is 37.8 Å². The fourth-order valence-electron chi connectivity index (χ4n) is 2.02. The second-order valence-corrected chi connectivity index (χ2v) is 5.80. The second-order valence-electron chi connectivity index (χ2n) is 4.30. The first-order valence-electron chi connectivity index (χ1n) is 6.63. The summed E-state index contributed by atoms with van der Waals surface area (Å²) in [7, 11) is -2.14. The average Bonchev–Trinajstić information content (AvgIpc) is 2.76. The van der Waals surface area contributed by atoms with Crippen molar-refractivity contribution in [1.29, 1.82) is 0 Å². The molecule has 0 atom stereocenters. The Hall–Kier alpha value is -0.960. The standard InChI is InChI=1S/C12H23N3O4S/c1-4-10-12(20(13,16)17)11(5-2)15(14-10)6-7-19-9-8-18-3/h4-9H2,1-3H3,(H2,13,16,17). The summed E-state index contributed by atoms with van der Waals surface area (Å²) in [5, 5.41) is 9.62. The van der Waals surface area contributed by atoms with E-state index in [1.54, 1.807) is 11.8 Å². The Morgan fingerprint density at radius 1 is 1.20 bits per heavy atom. The highest BCUT2D eigenvalue weighted by molar-refractivity contribution is 7.89. The van der Waals surface area contributed by atoms with Gasteiger partial charge in [0.25, 0.3) is 0 Å². The molecule has 1 rings (SSSR count). The van der Waals surface area contributed by atoms with Crippen LogP contribution in [0.15, 0.2) is 4.90 Å². The maximum atomic E-state index is 11.7. The minimum atomic E-state index is -3.75. The van der Waals surface area contributed by atoms with Crippen molar-refractivity contribution in [2.24, 2.45) is 5.14 Å². The van der Waals surface area contributed by atoms with E-state index in [0.29, 0.717) is 50.6 Å². The lowest BCUT2D eigenvalue weighted by Gasteiger charge is -2.07. The van der Waals surface area contributed by atoms with Gasteiger partial charge in [-0.1, -0.05) is 13.8 Å². The molecule has 1 aromatic heterocycles. The van der Waals surface area contributed by atoms with Crippen molar-refractivity contribution in [3.8, 4) is 0 Å². The molecule has 0 spiro atoms. The predicted molar refractivity (Wildman–Crippen MR) is 75.1 cm³/mol. The SMILES string of the molecule is CCc1nn(CCOCCOC)c(CC)c1S(N)(=O)=O. The molecule has 0 fully saturated rings. The number of primary sulfonamides is 1. The number of nitrogens with two attached hydrogens (primary N) is 1. The van der Waals surface area contributed by atoms with Gasteiger partial charge in [-0.25, -0.2) is 13.6 Å². The van der Waals surface area contributed by atoms with E-state index in [-0.39, 0.29) is 4.90 Å². The summed E-state index contributed by atoms with van der Waals surface area (Å²) in [6.07, 6.45) is 1.08. The van der Waals surface area contributed by atoms with Gasteiger partial charge < -0.3 is 9.47 Å². The molecule has 0 bridgehead atoms. The highest BCUT2D eigenvalue weighted by Crippen LogP contribution is 2.20. The van der Waals surface area contributed by atoms with Crippen LogP contribution in [-0.4, -0.2) is 45.1 Å². The lowest BCUT2D eigenvalue weighted by molar-refractivity contribution is 0.0650. The summed E-state index contributed by atoms with van der Waals surface area (Å²) in [4.78, 5) is 0.166. The maximum Gasteiger partial charge on any atom is 0.241 e. The van der Waals surface area contributed by atoms with Gasteiger partial charge in [-0.2, -0.15) is 5.10 Å². The van der Waals surface area contributed by atoms with E-state index < -0.39 is 10.0 Å². The second kappa shape index (κ2) is 7.72. The Kier molecular flexibility index (Phi) is 6.60. The topological polar surface area (TPSA) is 96.4 Å². The van der Waals surface area contributed by atoms with Gasteiger partial charge >= 0.3 is 0 Å². The molecule has 0 aliphatic rings. The van der Waals surface area contributed by atoms with Crippen LogP contribution in [0, 0.1) is 0 Å². The monoisotopic (exact) mass is 305 g/mol. The fraction of sp³-hybridized carbons (Fsp3) is 0.750. The smallest absolute Gasteiger partial charge is 0.241 e. The van der Waals surface area contributed by atoms with E-state index >= 15 is 0 Å². The number of sulfonamides is 1. The highest BCUT2D eigenvalue weighted by atomic mass is 32.2. The molecular formula is C12H23N3O4S. The van der Waals surface area contributed by atoms with Gasteiger partial charge in [0.1, 0.15) is 4.90 Å². The Morgan fingerprint density at radius 2 is 1.90 bits per heavy atom. The lowest BCUT2D eigenvalue weighted by Crippen LogP contribution is -2.17. The largest absolute Gasteiger partial charge is 0.382 e. The molecular weight excluding hydrogens is 282 g/mol. The summed E-state index contributed by atoms with van der Waals surface area (Å²) in [5.41, 5.74) is 1.15. The van der Waals surface area contributed by atoms with Crippen LogP contribution in [0.4, 0.5) is 0 Å². The van der Waals surface area contributed by atoms with Crippen molar-refractivity contribution >= 4 is 10.0 Å². The van der Waals surface area contributed by atoms with Crippen LogP contribution in [0.2, 0.25) is 0 Å². The summed E-state index contributed by atoms with van der Waals surface area (Å²) in [6.45, 7) is 5.72. The van der Waals surface area contributed by atoms with Crippen molar-refractivity contribution in [2.75, 3.05) is 26.9 Å². The predicted octanol–water partition coefficient (Wildman–Crippen LogP) is 0.318. The molecule has 1 aromatic rings. The van der Waals surface area contributed by atoms with E-state index in [1.165, 1.54) is 0 Å². The zero-order valence-corrected chi connectivity index (χ0v) is 13.1. The molecule has 0 amide bonds. The molecule has 2 N–H and O–H groups in total. The molecule has 0 saturated heterocycles. The average molecular weight is 305 g/mol. The van der Waals surface area contributed by atoms with Crippen molar-refractivity contribution in [2.45, 2.75) is 38.1 Å². The van der Waals surface area contributed by atoms with E-state index in [0.717, 1.165) is 0 Å². The molecule has 116 valence electrons. The summed E-state index contributed by atoms with van der Waals surface area (Å²) in [6, 6.07) is 0. The van der Waals surface area contributed by atoms with Crippen molar-refractivity contribution in [1.82, 2.24) is 9.78 Å². The number of aromatic nitrogens is 2. The minimum absolute atomic E-state index is 0.166. The van der Waals surface area contributed by atoms with Crippen LogP contribution in [0.25, 0.3) is 0 Å². The van der Waals surface area contributed by atoms with Crippen LogP contribution >= 0.6 is 0 Å². The van der Waals surface area contributed by atoms with Crippen LogP contribution < -0.4 is 5.14 Å². The van der Waals surface area contributed by atoms with Crippen LogP contribution in [-0.2, 0) is 38.9 Å². The van der Waals surface area contributed by atoms with Gasteiger partial charge in [0.2, 0.25) is 10.0 Å². The summed E-state index contributed by atoms with van der Waals surface area (Å²) < 4.78 is 35.3. The zero-order chi connectivity index (χ0) is 15.2. The quantitative estimate of drug-likeness (QED) is 0.663. The molecule has 0 aromatic carbocycles. The number of ether oxygens (including phenoxy) is 2. The third-order valence-electron chi connectivity index (χ3n) is 2.91. The third kappa shape index (κ3) is 4.27. The highest BCUT2D eigenvalue weighted by Gasteiger charge is 2.23. The van der Waals surface area contributed by atoms with Crippen LogP contribution in [0.5, 0.6) is 0 Å². The van der Waals surface area contributed by atoms with Crippen molar-refractivity contribution in [3.05, 3.63) is 11.4 Å². The Morgan fingerprint density at radius 3 is 2.40 bits per heavy atom. The van der Waals surface area contributed by atoms with E-state index in [1.807, 2.05) is 13.8 Å². The van der Waals surface area contributed by atoms with Gasteiger partial charge in [-0.05, 0) is 12.8 Å². The molecule has 0 aliphatic carbocycles. The lowest BCUT2D eigenvalue weighted by atomic mass is 10.2. The van der Waals surface area contributed by atoms with E-state index in [9.17, 15) is 8.42 Å². The summed E-state index contributed by atoms with van der Waals surface area (Å²) in [5.74, 6) is 0. The number of aryl methyl sites for hydroxylation is 1. The number of hydrogen-bond donors (Lipinski definition) is 1. The number of hydrogen-bond acceptors (Lipinski definition) is 5. The molecule has 0 radical (unpaired) electrons. The maximum absolute atomic E-state index is 11.7. The molecule has 1 heterocycles. The van der Waals surface area contributed by atoms with Gasteiger partial charge in [-0.15, -0.1) is 0 Å². The van der Waals surface area contributed by atoms with Crippen molar-refractivity contribution < 1.29 is 17.9 Å². The van der Waals surface area contributed by atoms with Gasteiger partial charge in [-0.3, -0.25) is 4.68 Å². The Labute approximate surface area is 120 Å². The number of methoxy groups -OCH3 is 1. The molecule has 8 heteroatoms. The minimum Gasteiger partial charge on any atom is -0.382 e. The molecule has 0 unspecified atom stereocenters. The normalized spacial score (nSPS) is 12.0. The first-order valence-corrected chi connectivity index (χ1v) is 8.18. The van der Waals surface area contributed by atoms with Crippen LogP contribution in [0.3, 0.4) is 0 Å². The van der Waals surface area contributed by atoms with Gasteiger partial charge in [0.15, 0.2) is 0 Å². The molecule has 7 nitrogen and oxygen atoms in total. The van der Waals surface area contributed by atoms with Crippen LogP contribution in [0.1, 0.15) is 25.2 Å². The Balaban J connectivity index is 2.89. The zero-order valence-electron chi connectivity index (χ0n) is 12.3. The first kappa shape index (κ1) is 17.1.